The van der Waals surface area contributed by atoms with Crippen LogP contribution in [0.4, 0.5) is 5.82 Å². The summed E-state index contributed by atoms with van der Waals surface area (Å²) in [5.74, 6) is 1.27. The highest BCUT2D eigenvalue weighted by Gasteiger charge is 2.17. The number of methoxy groups -OCH3 is 2. The van der Waals surface area contributed by atoms with Crippen LogP contribution in [0.5, 0.6) is 11.6 Å². The fraction of sp³-hybridized carbons (Fsp3) is 0.133. The smallest absolute Gasteiger partial charge is 0.212 e. The normalized spacial score (nSPS) is 10.1. The summed E-state index contributed by atoms with van der Waals surface area (Å²) in [6.45, 7) is 0. The molecule has 2 rings (SSSR count). The Morgan fingerprint density at radius 2 is 1.71 bits per heavy atom. The number of rotatable bonds is 4. The summed E-state index contributed by atoms with van der Waals surface area (Å²) in [6, 6.07) is 11.2. The molecule has 1 aromatic carbocycles. The quantitative estimate of drug-likeness (QED) is 0.870. The molecule has 6 nitrogen and oxygen atoms in total. The number of nitriles is 2. The molecule has 0 saturated carbocycles. The van der Waals surface area contributed by atoms with Crippen LogP contribution in [0, 0.1) is 22.7 Å². The summed E-state index contributed by atoms with van der Waals surface area (Å²) < 4.78 is 10.1. The molecular weight excluding hydrogens is 268 g/mol. The molecular formula is C15H12N4O2. The van der Waals surface area contributed by atoms with Crippen molar-refractivity contribution in [2.45, 2.75) is 0 Å². The molecule has 104 valence electrons. The zero-order valence-electron chi connectivity index (χ0n) is 11.5. The van der Waals surface area contributed by atoms with E-state index < -0.39 is 0 Å². The van der Waals surface area contributed by atoms with Crippen LogP contribution in [-0.2, 0) is 0 Å². The fourth-order valence-corrected chi connectivity index (χ4v) is 1.76. The monoisotopic (exact) mass is 280 g/mol. The van der Waals surface area contributed by atoms with Crippen LogP contribution in [0.3, 0.4) is 0 Å². The van der Waals surface area contributed by atoms with Gasteiger partial charge in [0.2, 0.25) is 5.88 Å². The van der Waals surface area contributed by atoms with Gasteiger partial charge in [0, 0.05) is 6.21 Å². The number of aromatic nitrogens is 1. The predicted octanol–water partition coefficient (Wildman–Crippen LogP) is 2.53. The zero-order chi connectivity index (χ0) is 15.2. The third kappa shape index (κ3) is 2.85. The number of nitrogens with one attached hydrogen (secondary N) is 1. The van der Waals surface area contributed by atoms with Crippen LogP contribution in [0.1, 0.15) is 16.7 Å². The minimum atomic E-state index is 0.155. The molecule has 0 atom stereocenters. The number of ether oxygens (including phenoxy) is 2. The lowest BCUT2D eigenvalue weighted by atomic mass is 10.2. The summed E-state index contributed by atoms with van der Waals surface area (Å²) in [7, 11) is 3.02. The van der Waals surface area contributed by atoms with Crippen molar-refractivity contribution in [2.24, 2.45) is 4.99 Å². The van der Waals surface area contributed by atoms with Crippen LogP contribution in [0.25, 0.3) is 0 Å². The van der Waals surface area contributed by atoms with E-state index in [2.05, 4.69) is 9.98 Å². The lowest BCUT2D eigenvalue weighted by Gasteiger charge is -1.98. The predicted molar refractivity (Wildman–Crippen MR) is 77.0 cm³/mol. The van der Waals surface area contributed by atoms with Gasteiger partial charge in [0.25, 0.3) is 0 Å². The number of nitrogens with zero attached hydrogens (tertiary/aromatic N) is 3. The summed E-state index contributed by atoms with van der Waals surface area (Å²) in [5.41, 5.74) is 1.16. The van der Waals surface area contributed by atoms with Crippen LogP contribution in [0.15, 0.2) is 29.3 Å². The second kappa shape index (κ2) is 6.27. The number of H-pyrrole nitrogens is 1. The van der Waals surface area contributed by atoms with Gasteiger partial charge < -0.3 is 14.5 Å². The molecule has 21 heavy (non-hydrogen) atoms. The van der Waals surface area contributed by atoms with Crippen molar-refractivity contribution in [2.75, 3.05) is 14.2 Å². The van der Waals surface area contributed by atoms with Crippen LogP contribution >= 0.6 is 0 Å². The molecule has 0 aliphatic carbocycles. The van der Waals surface area contributed by atoms with E-state index in [0.717, 1.165) is 11.3 Å². The number of hydrogen-bond donors (Lipinski definition) is 1. The Bertz CT molecular complexity index is 746. The van der Waals surface area contributed by atoms with E-state index >= 15 is 0 Å². The first kappa shape index (κ1) is 14.2. The standard InChI is InChI=1S/C15H12N4O2/c1-20-11-5-3-10(4-6-11)9-18-14-12(7-16)13(8-17)15(19-14)21-2/h3-6,9,19H,1-2H3. The highest BCUT2D eigenvalue weighted by molar-refractivity contribution is 5.83. The first-order chi connectivity index (χ1) is 10.2. The maximum atomic E-state index is 9.14. The molecule has 0 amide bonds. The van der Waals surface area contributed by atoms with E-state index in [1.54, 1.807) is 13.3 Å². The highest BCUT2D eigenvalue weighted by atomic mass is 16.5. The van der Waals surface area contributed by atoms with Gasteiger partial charge in [-0.05, 0) is 29.8 Å². The van der Waals surface area contributed by atoms with Crippen molar-refractivity contribution in [3.05, 3.63) is 41.0 Å². The largest absolute Gasteiger partial charge is 0.497 e. The average molecular weight is 280 g/mol. The zero-order valence-corrected chi connectivity index (χ0v) is 11.5. The van der Waals surface area contributed by atoms with Crippen LogP contribution in [-0.4, -0.2) is 25.4 Å². The van der Waals surface area contributed by atoms with Crippen molar-refractivity contribution < 1.29 is 9.47 Å². The Morgan fingerprint density at radius 3 is 2.24 bits per heavy atom. The molecule has 0 aliphatic rings. The molecule has 0 unspecified atom stereocenters. The lowest BCUT2D eigenvalue weighted by Crippen LogP contribution is -1.85. The molecule has 1 heterocycles. The third-order valence-electron chi connectivity index (χ3n) is 2.83. The van der Waals surface area contributed by atoms with Crippen LogP contribution in [0.2, 0.25) is 0 Å². The van der Waals surface area contributed by atoms with Crippen molar-refractivity contribution in [3.63, 3.8) is 0 Å². The Labute approximate surface area is 121 Å². The Morgan fingerprint density at radius 1 is 1.05 bits per heavy atom. The Balaban J connectivity index is 2.34. The molecule has 6 heteroatoms. The third-order valence-corrected chi connectivity index (χ3v) is 2.83. The fourth-order valence-electron chi connectivity index (χ4n) is 1.76. The van der Waals surface area contributed by atoms with E-state index in [0.29, 0.717) is 5.82 Å². The second-order valence-corrected chi connectivity index (χ2v) is 4.01. The molecule has 2 aromatic rings. The van der Waals surface area contributed by atoms with Gasteiger partial charge in [0.1, 0.15) is 29.0 Å². The minimum absolute atomic E-state index is 0.155. The van der Waals surface area contributed by atoms with Gasteiger partial charge in [0.05, 0.1) is 14.2 Å². The number of aromatic amines is 1. The lowest BCUT2D eigenvalue weighted by molar-refractivity contribution is 0.399. The molecule has 0 spiro atoms. The van der Waals surface area contributed by atoms with E-state index in [1.165, 1.54) is 7.11 Å². The number of hydrogen-bond acceptors (Lipinski definition) is 5. The Kier molecular flexibility index (Phi) is 4.23. The molecule has 0 saturated heterocycles. The van der Waals surface area contributed by atoms with Gasteiger partial charge >= 0.3 is 0 Å². The first-order valence-corrected chi connectivity index (χ1v) is 6.01. The summed E-state index contributed by atoms with van der Waals surface area (Å²) in [6.07, 6.45) is 1.59. The molecule has 0 bridgehead atoms. The molecule has 0 fully saturated rings. The summed E-state index contributed by atoms with van der Waals surface area (Å²) >= 11 is 0. The maximum Gasteiger partial charge on any atom is 0.212 e. The summed E-state index contributed by atoms with van der Waals surface area (Å²) in [5, 5.41) is 18.2. The van der Waals surface area contributed by atoms with E-state index in [-0.39, 0.29) is 17.0 Å². The molecule has 1 N–H and O–H groups in total. The van der Waals surface area contributed by atoms with Gasteiger partial charge in [-0.3, -0.25) is 0 Å². The van der Waals surface area contributed by atoms with E-state index in [4.69, 9.17) is 20.0 Å². The highest BCUT2D eigenvalue weighted by Crippen LogP contribution is 2.29. The van der Waals surface area contributed by atoms with Gasteiger partial charge in [-0.1, -0.05) is 0 Å². The van der Waals surface area contributed by atoms with Crippen molar-refractivity contribution in [3.8, 4) is 23.8 Å². The SMILES string of the molecule is COc1ccc(C=Nc2[nH]c(OC)c(C#N)c2C#N)cc1. The average Bonchev–Trinajstić information content (AvgIpc) is 2.90. The first-order valence-electron chi connectivity index (χ1n) is 6.01. The topological polar surface area (TPSA) is 94.2 Å². The maximum absolute atomic E-state index is 9.14. The second-order valence-electron chi connectivity index (χ2n) is 4.01. The van der Waals surface area contributed by atoms with Gasteiger partial charge in [-0.15, -0.1) is 0 Å². The van der Waals surface area contributed by atoms with Crippen molar-refractivity contribution in [1.29, 1.82) is 10.5 Å². The Hall–Kier alpha value is -3.25. The van der Waals surface area contributed by atoms with E-state index in [9.17, 15) is 0 Å². The van der Waals surface area contributed by atoms with E-state index in [1.807, 2.05) is 36.4 Å². The number of benzene rings is 1. The number of aliphatic imine (C=N–C) groups is 1. The molecule has 0 aliphatic heterocycles. The summed E-state index contributed by atoms with van der Waals surface area (Å²) in [4.78, 5) is 7.01. The van der Waals surface area contributed by atoms with Gasteiger partial charge in [-0.25, -0.2) is 4.99 Å². The minimum Gasteiger partial charge on any atom is -0.497 e. The van der Waals surface area contributed by atoms with Gasteiger partial charge in [-0.2, -0.15) is 10.5 Å². The van der Waals surface area contributed by atoms with Gasteiger partial charge in [0.15, 0.2) is 5.82 Å². The van der Waals surface area contributed by atoms with Crippen molar-refractivity contribution in [1.82, 2.24) is 4.98 Å². The van der Waals surface area contributed by atoms with Crippen LogP contribution < -0.4 is 9.47 Å². The molecule has 0 radical (unpaired) electrons. The van der Waals surface area contributed by atoms with Crippen molar-refractivity contribution >= 4 is 12.0 Å². The molecule has 1 aromatic heterocycles.